The Bertz CT molecular complexity index is 222. The average molecular weight is 385 g/mol. The van der Waals surface area contributed by atoms with Gasteiger partial charge in [0.2, 0.25) is 0 Å². The van der Waals surface area contributed by atoms with Gasteiger partial charge < -0.3 is 10.2 Å². The standard InChI is InChI=1S/C13H27N3S.HI/c1-5-6-8-11-16(3)13(14-2)15-10-7-9-12-17-4;/h5H,1,6-12H2,2-4H3,(H,14,15);1H. The zero-order valence-electron chi connectivity index (χ0n) is 11.9. The van der Waals surface area contributed by atoms with Gasteiger partial charge in [-0.15, -0.1) is 30.6 Å². The van der Waals surface area contributed by atoms with Crippen LogP contribution in [-0.2, 0) is 0 Å². The van der Waals surface area contributed by atoms with E-state index in [9.17, 15) is 0 Å². The Morgan fingerprint density at radius 1 is 1.39 bits per heavy atom. The molecule has 0 aromatic rings. The van der Waals surface area contributed by atoms with Crippen LogP contribution in [0.15, 0.2) is 17.6 Å². The Balaban J connectivity index is 0. The third-order valence-electron chi connectivity index (χ3n) is 2.53. The first-order chi connectivity index (χ1) is 8.26. The number of rotatable bonds is 9. The number of nitrogens with zero attached hydrogens (tertiary/aromatic N) is 2. The van der Waals surface area contributed by atoms with E-state index in [2.05, 4.69) is 35.1 Å². The van der Waals surface area contributed by atoms with Crippen LogP contribution in [0.1, 0.15) is 25.7 Å². The number of thioether (sulfide) groups is 1. The fraction of sp³-hybridized carbons (Fsp3) is 0.769. The highest BCUT2D eigenvalue weighted by atomic mass is 127. The molecule has 0 aromatic carbocycles. The van der Waals surface area contributed by atoms with Crippen LogP contribution in [0.3, 0.4) is 0 Å². The number of hydrogen-bond acceptors (Lipinski definition) is 2. The third kappa shape index (κ3) is 11.2. The van der Waals surface area contributed by atoms with Crippen molar-refractivity contribution in [2.75, 3.05) is 39.2 Å². The molecule has 5 heteroatoms. The summed E-state index contributed by atoms with van der Waals surface area (Å²) in [7, 11) is 3.93. The summed E-state index contributed by atoms with van der Waals surface area (Å²) in [5.74, 6) is 2.24. The van der Waals surface area contributed by atoms with Crippen LogP contribution in [0.4, 0.5) is 0 Å². The van der Waals surface area contributed by atoms with Crippen LogP contribution in [-0.4, -0.2) is 50.1 Å². The first-order valence-corrected chi connectivity index (χ1v) is 7.67. The van der Waals surface area contributed by atoms with E-state index in [0.29, 0.717) is 0 Å². The number of aliphatic imine (C=N–C) groups is 1. The Hall–Kier alpha value is 0.0900. The van der Waals surface area contributed by atoms with E-state index < -0.39 is 0 Å². The number of allylic oxidation sites excluding steroid dienone is 1. The van der Waals surface area contributed by atoms with E-state index >= 15 is 0 Å². The van der Waals surface area contributed by atoms with Crippen molar-refractivity contribution in [3.63, 3.8) is 0 Å². The Morgan fingerprint density at radius 3 is 2.67 bits per heavy atom. The van der Waals surface area contributed by atoms with Gasteiger partial charge in [-0.2, -0.15) is 11.8 Å². The van der Waals surface area contributed by atoms with Crippen molar-refractivity contribution in [1.82, 2.24) is 10.2 Å². The van der Waals surface area contributed by atoms with E-state index in [1.807, 2.05) is 24.9 Å². The first kappa shape index (κ1) is 20.4. The highest BCUT2D eigenvalue weighted by Gasteiger charge is 2.03. The Morgan fingerprint density at radius 2 is 2.11 bits per heavy atom. The summed E-state index contributed by atoms with van der Waals surface area (Å²) in [4.78, 5) is 6.46. The summed E-state index contributed by atoms with van der Waals surface area (Å²) in [6.07, 6.45) is 8.79. The maximum absolute atomic E-state index is 4.28. The van der Waals surface area contributed by atoms with Crippen LogP contribution in [0, 0.1) is 0 Å². The smallest absolute Gasteiger partial charge is 0.193 e. The molecule has 0 aliphatic heterocycles. The van der Waals surface area contributed by atoms with Crippen molar-refractivity contribution >= 4 is 41.7 Å². The van der Waals surface area contributed by atoms with Crippen LogP contribution >= 0.6 is 35.7 Å². The molecular weight excluding hydrogens is 357 g/mol. The molecule has 0 saturated carbocycles. The quantitative estimate of drug-likeness (QED) is 0.217. The normalized spacial score (nSPS) is 10.7. The molecule has 0 radical (unpaired) electrons. The predicted molar refractivity (Wildman–Crippen MR) is 96.5 cm³/mol. The zero-order valence-corrected chi connectivity index (χ0v) is 15.1. The van der Waals surface area contributed by atoms with Gasteiger partial charge >= 0.3 is 0 Å². The van der Waals surface area contributed by atoms with Crippen LogP contribution < -0.4 is 5.32 Å². The van der Waals surface area contributed by atoms with Gasteiger partial charge in [-0.1, -0.05) is 6.08 Å². The second kappa shape index (κ2) is 15.1. The minimum atomic E-state index is 0. The lowest BCUT2D eigenvalue weighted by Gasteiger charge is -2.21. The number of nitrogens with one attached hydrogen (secondary N) is 1. The summed E-state index contributed by atoms with van der Waals surface area (Å²) >= 11 is 1.91. The van der Waals surface area contributed by atoms with Crippen molar-refractivity contribution in [2.45, 2.75) is 25.7 Å². The fourth-order valence-electron chi connectivity index (χ4n) is 1.54. The van der Waals surface area contributed by atoms with Crippen molar-refractivity contribution in [3.05, 3.63) is 12.7 Å². The highest BCUT2D eigenvalue weighted by molar-refractivity contribution is 14.0. The van der Waals surface area contributed by atoms with Gasteiger partial charge in [-0.25, -0.2) is 0 Å². The first-order valence-electron chi connectivity index (χ1n) is 6.27. The van der Waals surface area contributed by atoms with Gasteiger partial charge in [0.15, 0.2) is 5.96 Å². The number of halogens is 1. The molecule has 0 aliphatic carbocycles. The summed E-state index contributed by atoms with van der Waals surface area (Å²) < 4.78 is 0. The topological polar surface area (TPSA) is 27.6 Å². The molecule has 0 bridgehead atoms. The summed E-state index contributed by atoms with van der Waals surface area (Å²) in [6.45, 7) is 5.77. The summed E-state index contributed by atoms with van der Waals surface area (Å²) in [5, 5.41) is 3.40. The van der Waals surface area contributed by atoms with Crippen molar-refractivity contribution < 1.29 is 0 Å². The molecule has 108 valence electrons. The molecule has 0 atom stereocenters. The van der Waals surface area contributed by atoms with Gasteiger partial charge in [-0.3, -0.25) is 4.99 Å². The van der Waals surface area contributed by atoms with Crippen LogP contribution in [0.5, 0.6) is 0 Å². The molecule has 0 fully saturated rings. The van der Waals surface area contributed by atoms with Gasteiger partial charge in [0.25, 0.3) is 0 Å². The molecule has 0 saturated heterocycles. The molecule has 0 spiro atoms. The fourth-order valence-corrected chi connectivity index (χ4v) is 2.03. The number of unbranched alkanes of at least 4 members (excludes halogenated alkanes) is 2. The average Bonchev–Trinajstić information content (AvgIpc) is 2.34. The van der Waals surface area contributed by atoms with Crippen LogP contribution in [0.25, 0.3) is 0 Å². The van der Waals surface area contributed by atoms with Gasteiger partial charge in [0.1, 0.15) is 0 Å². The Labute approximate surface area is 134 Å². The van der Waals surface area contributed by atoms with Gasteiger partial charge in [0.05, 0.1) is 0 Å². The van der Waals surface area contributed by atoms with E-state index in [1.165, 1.54) is 18.6 Å². The molecule has 0 unspecified atom stereocenters. The molecule has 0 aromatic heterocycles. The zero-order chi connectivity index (χ0) is 12.9. The van der Waals surface area contributed by atoms with Gasteiger partial charge in [-0.05, 0) is 37.7 Å². The van der Waals surface area contributed by atoms with Crippen molar-refractivity contribution in [2.24, 2.45) is 4.99 Å². The number of hydrogen-bond donors (Lipinski definition) is 1. The maximum Gasteiger partial charge on any atom is 0.193 e. The van der Waals surface area contributed by atoms with E-state index in [0.717, 1.165) is 31.9 Å². The highest BCUT2D eigenvalue weighted by Crippen LogP contribution is 1.98. The van der Waals surface area contributed by atoms with Gasteiger partial charge in [0, 0.05) is 27.2 Å². The van der Waals surface area contributed by atoms with E-state index in [-0.39, 0.29) is 24.0 Å². The number of guanidine groups is 1. The predicted octanol–water partition coefficient (Wildman–Crippen LogP) is 3.22. The lowest BCUT2D eigenvalue weighted by molar-refractivity contribution is 0.469. The second-order valence-corrected chi connectivity index (χ2v) is 5.01. The molecule has 0 amide bonds. The maximum atomic E-state index is 4.28. The molecule has 0 aliphatic rings. The van der Waals surface area contributed by atoms with E-state index in [1.54, 1.807) is 0 Å². The molecule has 3 nitrogen and oxygen atoms in total. The molecule has 18 heavy (non-hydrogen) atoms. The molecular formula is C13H28IN3S. The molecule has 1 N–H and O–H groups in total. The summed E-state index contributed by atoms with van der Waals surface area (Å²) in [5.41, 5.74) is 0. The van der Waals surface area contributed by atoms with Crippen molar-refractivity contribution in [3.8, 4) is 0 Å². The molecule has 0 heterocycles. The summed E-state index contributed by atoms with van der Waals surface area (Å²) in [6, 6.07) is 0. The lowest BCUT2D eigenvalue weighted by Crippen LogP contribution is -2.39. The third-order valence-corrected chi connectivity index (χ3v) is 3.23. The molecule has 0 rings (SSSR count). The lowest BCUT2D eigenvalue weighted by atomic mass is 10.3. The monoisotopic (exact) mass is 385 g/mol. The minimum Gasteiger partial charge on any atom is -0.356 e. The van der Waals surface area contributed by atoms with Crippen LogP contribution in [0.2, 0.25) is 0 Å². The van der Waals surface area contributed by atoms with E-state index in [4.69, 9.17) is 0 Å². The van der Waals surface area contributed by atoms with Crippen molar-refractivity contribution in [1.29, 1.82) is 0 Å². The second-order valence-electron chi connectivity index (χ2n) is 4.03. The minimum absolute atomic E-state index is 0. The largest absolute Gasteiger partial charge is 0.356 e. The SMILES string of the molecule is C=CCCCN(C)C(=NC)NCCCCSC.I. The Kier molecular flexibility index (Phi) is 17.2.